The maximum atomic E-state index is 13.5. The molecule has 4 rings (SSSR count). The van der Waals surface area contributed by atoms with Gasteiger partial charge in [0.15, 0.2) is 5.11 Å². The van der Waals surface area contributed by atoms with Crippen LogP contribution in [0.1, 0.15) is 23.0 Å². The Bertz CT molecular complexity index is 1010. The number of rotatable bonds is 3. The van der Waals surface area contributed by atoms with Crippen LogP contribution in [0.2, 0.25) is 0 Å². The molecule has 0 saturated carbocycles. The lowest BCUT2D eigenvalue weighted by Crippen LogP contribution is -2.53. The molecule has 1 aliphatic rings. The molecule has 28 heavy (non-hydrogen) atoms. The zero-order valence-corrected chi connectivity index (χ0v) is 15.5. The number of anilines is 1. The number of aromatic nitrogens is 2. The van der Waals surface area contributed by atoms with Crippen LogP contribution >= 0.6 is 12.2 Å². The number of nitrogens with zero attached hydrogens (tertiary/aromatic N) is 2. The van der Waals surface area contributed by atoms with E-state index in [1.807, 2.05) is 30.3 Å². The average molecular weight is 396 g/mol. The van der Waals surface area contributed by atoms with Crippen molar-refractivity contribution in [2.45, 2.75) is 18.5 Å². The molecule has 0 radical (unpaired) electrons. The standard InChI is InChI=1S/C20H17FN4O2S/c21-13-8-6-12(7-9-13)18-17-15(22-11-23-17)10-16(19(26)27)25(18)20(28)24-14-4-2-1-3-5-14/h1-9,11,16,18H,10H2,(H,22,23)(H,24,28)(H,26,27)/t16-,18-/m0/s1. The van der Waals surface area contributed by atoms with Crippen LogP contribution in [0.25, 0.3) is 0 Å². The number of H-pyrrole nitrogens is 1. The van der Waals surface area contributed by atoms with Crippen LogP contribution in [0.3, 0.4) is 0 Å². The van der Waals surface area contributed by atoms with Gasteiger partial charge in [0.25, 0.3) is 0 Å². The van der Waals surface area contributed by atoms with E-state index in [1.54, 1.807) is 17.0 Å². The molecular formula is C20H17FN4O2S. The van der Waals surface area contributed by atoms with E-state index < -0.39 is 18.1 Å². The van der Waals surface area contributed by atoms with Gasteiger partial charge in [-0.2, -0.15) is 0 Å². The first-order valence-corrected chi connectivity index (χ1v) is 9.10. The van der Waals surface area contributed by atoms with Crippen molar-refractivity contribution < 1.29 is 14.3 Å². The number of carboxylic acid groups (broad SMARTS) is 1. The van der Waals surface area contributed by atoms with Crippen molar-refractivity contribution in [2.24, 2.45) is 0 Å². The van der Waals surface area contributed by atoms with Gasteiger partial charge in [-0.25, -0.2) is 14.2 Å². The van der Waals surface area contributed by atoms with Crippen LogP contribution in [0.5, 0.6) is 0 Å². The lowest BCUT2D eigenvalue weighted by Gasteiger charge is -2.41. The number of hydrogen-bond acceptors (Lipinski definition) is 3. The number of para-hydroxylation sites is 1. The highest BCUT2D eigenvalue weighted by molar-refractivity contribution is 7.80. The number of benzene rings is 2. The van der Waals surface area contributed by atoms with Crippen LogP contribution in [0.4, 0.5) is 10.1 Å². The molecule has 8 heteroatoms. The summed E-state index contributed by atoms with van der Waals surface area (Å²) in [5.41, 5.74) is 2.88. The molecule has 0 spiro atoms. The molecule has 1 aromatic heterocycles. The second-order valence-electron chi connectivity index (χ2n) is 6.48. The number of fused-ring (bicyclic) bond motifs is 1. The maximum Gasteiger partial charge on any atom is 0.326 e. The van der Waals surface area contributed by atoms with Crippen LogP contribution in [0, 0.1) is 5.82 Å². The Hall–Kier alpha value is -3.26. The van der Waals surface area contributed by atoms with Crippen molar-refractivity contribution in [1.29, 1.82) is 0 Å². The fourth-order valence-electron chi connectivity index (χ4n) is 3.47. The van der Waals surface area contributed by atoms with Crippen molar-refractivity contribution in [2.75, 3.05) is 5.32 Å². The summed E-state index contributed by atoms with van der Waals surface area (Å²) in [5.74, 6) is -1.36. The van der Waals surface area contributed by atoms with Crippen molar-refractivity contribution in [1.82, 2.24) is 14.9 Å². The normalized spacial score (nSPS) is 18.4. The summed E-state index contributed by atoms with van der Waals surface area (Å²) in [6.45, 7) is 0. The predicted molar refractivity (Wildman–Crippen MR) is 106 cm³/mol. The highest BCUT2D eigenvalue weighted by Gasteiger charge is 2.42. The molecule has 1 aliphatic heterocycles. The first-order valence-electron chi connectivity index (χ1n) is 8.69. The number of thiocarbonyl (C=S) groups is 1. The van der Waals surface area contributed by atoms with Crippen molar-refractivity contribution in [3.8, 4) is 0 Å². The van der Waals surface area contributed by atoms with Crippen LogP contribution < -0.4 is 5.32 Å². The van der Waals surface area contributed by atoms with Gasteiger partial charge in [-0.1, -0.05) is 30.3 Å². The predicted octanol–water partition coefficient (Wildman–Crippen LogP) is 3.35. The Morgan fingerprint density at radius 1 is 1.21 bits per heavy atom. The average Bonchev–Trinajstić information content (AvgIpc) is 3.16. The van der Waals surface area contributed by atoms with Crippen molar-refractivity contribution in [3.05, 3.63) is 83.7 Å². The van der Waals surface area contributed by atoms with Gasteiger partial charge >= 0.3 is 5.97 Å². The van der Waals surface area contributed by atoms with E-state index in [0.717, 1.165) is 11.4 Å². The van der Waals surface area contributed by atoms with E-state index in [0.29, 0.717) is 11.3 Å². The van der Waals surface area contributed by atoms with Gasteiger partial charge in [-0.3, -0.25) is 0 Å². The van der Waals surface area contributed by atoms with E-state index in [2.05, 4.69) is 15.3 Å². The summed E-state index contributed by atoms with van der Waals surface area (Å²) >= 11 is 5.60. The van der Waals surface area contributed by atoms with E-state index in [9.17, 15) is 14.3 Å². The lowest BCUT2D eigenvalue weighted by atomic mass is 9.91. The van der Waals surface area contributed by atoms with E-state index in [1.165, 1.54) is 18.5 Å². The second kappa shape index (κ2) is 7.40. The minimum Gasteiger partial charge on any atom is -0.480 e. The number of carbonyl (C=O) groups is 1. The molecule has 0 bridgehead atoms. The molecule has 0 aliphatic carbocycles. The van der Waals surface area contributed by atoms with Crippen LogP contribution in [-0.2, 0) is 11.2 Å². The zero-order chi connectivity index (χ0) is 19.7. The molecule has 142 valence electrons. The Morgan fingerprint density at radius 3 is 2.61 bits per heavy atom. The smallest absolute Gasteiger partial charge is 0.326 e. The molecule has 2 heterocycles. The third kappa shape index (κ3) is 3.34. The summed E-state index contributed by atoms with van der Waals surface area (Å²) in [6, 6.07) is 13.8. The van der Waals surface area contributed by atoms with Crippen molar-refractivity contribution >= 4 is 29.0 Å². The minimum atomic E-state index is -0.996. The molecule has 2 atom stereocenters. The molecule has 0 amide bonds. The number of carboxylic acids is 1. The first kappa shape index (κ1) is 18.1. The molecule has 0 fully saturated rings. The summed E-state index contributed by atoms with van der Waals surface area (Å²) in [5, 5.41) is 13.3. The van der Waals surface area contributed by atoms with Crippen LogP contribution in [-0.4, -0.2) is 37.1 Å². The minimum absolute atomic E-state index is 0.235. The fraction of sp³-hybridized carbons (Fsp3) is 0.150. The number of halogens is 1. The second-order valence-corrected chi connectivity index (χ2v) is 6.87. The van der Waals surface area contributed by atoms with Gasteiger partial charge in [0.05, 0.1) is 12.0 Å². The highest BCUT2D eigenvalue weighted by atomic mass is 32.1. The van der Waals surface area contributed by atoms with E-state index >= 15 is 0 Å². The molecule has 0 saturated heterocycles. The first-order chi connectivity index (χ1) is 13.5. The highest BCUT2D eigenvalue weighted by Crippen LogP contribution is 2.37. The molecule has 3 aromatic rings. The van der Waals surface area contributed by atoms with Crippen molar-refractivity contribution in [3.63, 3.8) is 0 Å². The third-order valence-corrected chi connectivity index (χ3v) is 5.07. The topological polar surface area (TPSA) is 81.2 Å². The van der Waals surface area contributed by atoms with Gasteiger partial charge in [-0.05, 0) is 42.0 Å². The van der Waals surface area contributed by atoms with Gasteiger partial charge in [0.2, 0.25) is 0 Å². The zero-order valence-electron chi connectivity index (χ0n) is 14.7. The summed E-state index contributed by atoms with van der Waals surface area (Å²) in [7, 11) is 0. The van der Waals surface area contributed by atoms with E-state index in [4.69, 9.17) is 12.2 Å². The quantitative estimate of drug-likeness (QED) is 0.589. The van der Waals surface area contributed by atoms with Gasteiger partial charge in [0.1, 0.15) is 17.9 Å². The largest absolute Gasteiger partial charge is 0.480 e. The monoisotopic (exact) mass is 396 g/mol. The Labute approximate surface area is 166 Å². The molecule has 2 aromatic carbocycles. The number of aromatic amines is 1. The Kier molecular flexibility index (Phi) is 4.79. The Balaban J connectivity index is 1.79. The third-order valence-electron chi connectivity index (χ3n) is 4.75. The van der Waals surface area contributed by atoms with Gasteiger partial charge in [0, 0.05) is 17.8 Å². The van der Waals surface area contributed by atoms with Gasteiger partial charge in [-0.15, -0.1) is 0 Å². The molecule has 6 nitrogen and oxygen atoms in total. The molecule has 0 unspecified atom stereocenters. The Morgan fingerprint density at radius 2 is 1.93 bits per heavy atom. The van der Waals surface area contributed by atoms with E-state index in [-0.39, 0.29) is 17.4 Å². The summed E-state index contributed by atoms with van der Waals surface area (Å²) in [6.07, 6.45) is 1.77. The summed E-state index contributed by atoms with van der Waals surface area (Å²) in [4.78, 5) is 21.1. The SMILES string of the molecule is O=C(O)[C@@H]1Cc2[nH]cnc2[C@H](c2ccc(F)cc2)N1C(=S)Nc1ccccc1. The fourth-order valence-corrected chi connectivity index (χ4v) is 3.82. The molecular weight excluding hydrogens is 379 g/mol. The maximum absolute atomic E-state index is 13.5. The summed E-state index contributed by atoms with van der Waals surface area (Å²) < 4.78 is 13.5. The van der Waals surface area contributed by atoms with Gasteiger partial charge < -0.3 is 20.3 Å². The number of nitrogens with one attached hydrogen (secondary N) is 2. The number of hydrogen-bond donors (Lipinski definition) is 3. The molecule has 3 N–H and O–H groups in total. The number of aliphatic carboxylic acids is 1. The number of imidazole rings is 1. The lowest BCUT2D eigenvalue weighted by molar-refractivity contribution is -0.142. The van der Waals surface area contributed by atoms with Crippen LogP contribution in [0.15, 0.2) is 60.9 Å².